The van der Waals surface area contributed by atoms with E-state index in [0.717, 1.165) is 5.75 Å². The Balaban J connectivity index is 2.19. The van der Waals surface area contributed by atoms with Crippen molar-refractivity contribution in [3.8, 4) is 5.75 Å². The van der Waals surface area contributed by atoms with E-state index >= 15 is 0 Å². The lowest BCUT2D eigenvalue weighted by Gasteiger charge is -2.08. The van der Waals surface area contributed by atoms with Crippen LogP contribution in [0, 0.1) is 0 Å². The Kier molecular flexibility index (Phi) is 2.98. The molecule has 1 heterocycles. The minimum atomic E-state index is 0.443. The van der Waals surface area contributed by atoms with Crippen LogP contribution in [0.2, 0.25) is 0 Å². The maximum Gasteiger partial charge on any atom is 0.166 e. The summed E-state index contributed by atoms with van der Waals surface area (Å²) in [6, 6.07) is 13.0. The molecule has 1 saturated heterocycles. The summed E-state index contributed by atoms with van der Waals surface area (Å²) in [5.41, 5.74) is 0. The van der Waals surface area contributed by atoms with Crippen LogP contribution in [-0.4, -0.2) is 18.6 Å². The molecule has 0 bridgehead atoms. The molecule has 0 amide bonds. The highest BCUT2D eigenvalue weighted by Gasteiger charge is 2.29. The van der Waals surface area contributed by atoms with Crippen LogP contribution in [-0.2, 0) is 10.9 Å². The Morgan fingerprint density at radius 1 is 1.06 bits per heavy atom. The van der Waals surface area contributed by atoms with Crippen LogP contribution >= 0.6 is 0 Å². The smallest absolute Gasteiger partial charge is 0.166 e. The highest BCUT2D eigenvalue weighted by atomic mass is 32.2. The molecule has 1 aliphatic rings. The van der Waals surface area contributed by atoms with Gasteiger partial charge >= 0.3 is 0 Å². The van der Waals surface area contributed by atoms with Gasteiger partial charge < -0.3 is 4.74 Å². The molecule has 2 heteroatoms. The maximum atomic E-state index is 5.43. The van der Waals surface area contributed by atoms with Crippen LogP contribution in [0.4, 0.5) is 0 Å². The van der Waals surface area contributed by atoms with Crippen LogP contribution in [0.15, 0.2) is 41.3 Å². The second-order valence-electron chi connectivity index (χ2n) is 4.45. The van der Waals surface area contributed by atoms with E-state index in [1.807, 2.05) is 0 Å². The fourth-order valence-corrected chi connectivity index (χ4v) is 5.01. The van der Waals surface area contributed by atoms with E-state index < -0.39 is 0 Å². The van der Waals surface area contributed by atoms with Crippen molar-refractivity contribution in [3.05, 3.63) is 36.4 Å². The van der Waals surface area contributed by atoms with Gasteiger partial charge in [-0.25, -0.2) is 0 Å². The number of methoxy groups -OCH3 is 1. The Morgan fingerprint density at radius 3 is 2.59 bits per heavy atom. The van der Waals surface area contributed by atoms with Gasteiger partial charge in [0.15, 0.2) is 4.90 Å². The molecule has 0 spiro atoms. The van der Waals surface area contributed by atoms with Gasteiger partial charge in [0.25, 0.3) is 0 Å². The first-order chi connectivity index (χ1) is 8.38. The van der Waals surface area contributed by atoms with Crippen molar-refractivity contribution < 1.29 is 4.74 Å². The van der Waals surface area contributed by atoms with E-state index in [4.69, 9.17) is 4.74 Å². The van der Waals surface area contributed by atoms with Crippen molar-refractivity contribution in [2.45, 2.75) is 17.7 Å². The molecule has 1 nitrogen and oxygen atoms in total. The van der Waals surface area contributed by atoms with Crippen LogP contribution in [0.5, 0.6) is 5.75 Å². The molecular formula is C15H17OS+. The lowest BCUT2D eigenvalue weighted by Crippen LogP contribution is -2.05. The number of hydrogen-bond acceptors (Lipinski definition) is 1. The summed E-state index contributed by atoms with van der Waals surface area (Å²) >= 11 is 0. The number of hydrogen-bond donors (Lipinski definition) is 0. The van der Waals surface area contributed by atoms with Crippen LogP contribution in [0.25, 0.3) is 10.8 Å². The van der Waals surface area contributed by atoms with Crippen LogP contribution < -0.4 is 4.74 Å². The number of rotatable bonds is 2. The van der Waals surface area contributed by atoms with Crippen molar-refractivity contribution in [3.63, 3.8) is 0 Å². The standard InChI is InChI=1S/C15H17OS/c1-16-13-10-12-6-2-3-7-14(12)15(11-13)17-8-4-5-9-17/h2-3,6-7,10-11H,4-5,8-9H2,1H3/q+1. The fraction of sp³-hybridized carbons (Fsp3) is 0.333. The van der Waals surface area contributed by atoms with Gasteiger partial charge in [0.1, 0.15) is 17.3 Å². The van der Waals surface area contributed by atoms with Crippen molar-refractivity contribution in [2.75, 3.05) is 18.6 Å². The van der Waals surface area contributed by atoms with Gasteiger partial charge in [0.2, 0.25) is 0 Å². The average molecular weight is 245 g/mol. The molecule has 0 atom stereocenters. The third kappa shape index (κ3) is 2.02. The molecule has 0 saturated carbocycles. The Bertz CT molecular complexity index is 529. The highest BCUT2D eigenvalue weighted by molar-refractivity contribution is 7.97. The first-order valence-electron chi connectivity index (χ1n) is 6.13. The van der Waals surface area contributed by atoms with E-state index in [1.165, 1.54) is 40.0 Å². The molecular weight excluding hydrogens is 228 g/mol. The van der Waals surface area contributed by atoms with E-state index in [0.29, 0.717) is 10.9 Å². The lowest BCUT2D eigenvalue weighted by molar-refractivity contribution is 0.414. The van der Waals surface area contributed by atoms with Crippen molar-refractivity contribution in [2.24, 2.45) is 0 Å². The van der Waals surface area contributed by atoms with Gasteiger partial charge in [-0.15, -0.1) is 0 Å². The topological polar surface area (TPSA) is 9.23 Å². The predicted molar refractivity (Wildman–Crippen MR) is 75.1 cm³/mol. The first-order valence-corrected chi connectivity index (χ1v) is 7.69. The fourth-order valence-electron chi connectivity index (χ4n) is 2.48. The van der Waals surface area contributed by atoms with Crippen molar-refractivity contribution in [1.82, 2.24) is 0 Å². The van der Waals surface area contributed by atoms with Gasteiger partial charge in [0.05, 0.1) is 7.11 Å². The van der Waals surface area contributed by atoms with Gasteiger partial charge in [-0.2, -0.15) is 0 Å². The SMILES string of the molecule is COc1cc([S+]2CCCC2)c2ccccc2c1. The third-order valence-electron chi connectivity index (χ3n) is 3.38. The van der Waals surface area contributed by atoms with E-state index in [2.05, 4.69) is 36.4 Å². The highest BCUT2D eigenvalue weighted by Crippen LogP contribution is 2.33. The summed E-state index contributed by atoms with van der Waals surface area (Å²) in [6.07, 6.45) is 2.77. The summed E-state index contributed by atoms with van der Waals surface area (Å²) in [6.45, 7) is 0. The molecule has 1 aliphatic heterocycles. The quantitative estimate of drug-likeness (QED) is 0.734. The first kappa shape index (κ1) is 11.0. The van der Waals surface area contributed by atoms with Crippen LogP contribution in [0.1, 0.15) is 12.8 Å². The largest absolute Gasteiger partial charge is 0.497 e. The molecule has 0 N–H and O–H groups in total. The summed E-state index contributed by atoms with van der Waals surface area (Å²) in [5.74, 6) is 3.71. The van der Waals surface area contributed by atoms with Crippen molar-refractivity contribution >= 4 is 21.7 Å². The Hall–Kier alpha value is -1.15. The molecule has 17 heavy (non-hydrogen) atoms. The van der Waals surface area contributed by atoms with Crippen LogP contribution in [0.3, 0.4) is 0 Å². The molecule has 2 aromatic rings. The molecule has 88 valence electrons. The molecule has 1 fully saturated rings. The zero-order chi connectivity index (χ0) is 11.7. The number of ether oxygens (including phenoxy) is 1. The summed E-state index contributed by atoms with van der Waals surface area (Å²) in [4.78, 5) is 1.51. The molecule has 3 rings (SSSR count). The van der Waals surface area contributed by atoms with E-state index in [9.17, 15) is 0 Å². The Labute approximate surface area is 105 Å². The zero-order valence-electron chi connectivity index (χ0n) is 10.1. The van der Waals surface area contributed by atoms with Gasteiger partial charge in [-0.05, 0) is 30.4 Å². The van der Waals surface area contributed by atoms with Gasteiger partial charge in [0, 0.05) is 22.3 Å². The molecule has 0 unspecified atom stereocenters. The predicted octanol–water partition coefficient (Wildman–Crippen LogP) is 3.62. The molecule has 0 aromatic heterocycles. The third-order valence-corrected chi connectivity index (χ3v) is 5.90. The summed E-state index contributed by atoms with van der Waals surface area (Å²) in [7, 11) is 2.20. The average Bonchev–Trinajstić information content (AvgIpc) is 2.91. The summed E-state index contributed by atoms with van der Waals surface area (Å²) < 4.78 is 5.43. The monoisotopic (exact) mass is 245 g/mol. The Morgan fingerprint density at radius 2 is 1.82 bits per heavy atom. The second-order valence-corrected chi connectivity index (χ2v) is 6.70. The molecule has 0 aliphatic carbocycles. The van der Waals surface area contributed by atoms with Gasteiger partial charge in [-0.1, -0.05) is 18.2 Å². The number of fused-ring (bicyclic) bond motifs is 1. The minimum absolute atomic E-state index is 0.443. The van der Waals surface area contributed by atoms with Crippen molar-refractivity contribution in [1.29, 1.82) is 0 Å². The van der Waals surface area contributed by atoms with Gasteiger partial charge in [-0.3, -0.25) is 0 Å². The van der Waals surface area contributed by atoms with E-state index in [1.54, 1.807) is 7.11 Å². The minimum Gasteiger partial charge on any atom is -0.497 e. The zero-order valence-corrected chi connectivity index (χ0v) is 10.9. The summed E-state index contributed by atoms with van der Waals surface area (Å²) in [5, 5.41) is 2.72. The normalized spacial score (nSPS) is 16.5. The molecule has 2 aromatic carbocycles. The van der Waals surface area contributed by atoms with E-state index in [-0.39, 0.29) is 0 Å². The second kappa shape index (κ2) is 4.61. The maximum absolute atomic E-state index is 5.43. The number of benzene rings is 2. The lowest BCUT2D eigenvalue weighted by atomic mass is 10.1. The molecule has 0 radical (unpaired) electrons.